The molecular formula is C14H16N2O. The van der Waals surface area contributed by atoms with E-state index in [1.165, 1.54) is 11.9 Å². The molecule has 1 aromatic carbocycles. The number of aliphatic hydroxyl groups excluding tert-OH is 1. The van der Waals surface area contributed by atoms with E-state index >= 15 is 0 Å². The molecule has 2 unspecified atom stereocenters. The molecule has 1 aromatic heterocycles. The second-order valence-corrected chi connectivity index (χ2v) is 4.24. The zero-order chi connectivity index (χ0) is 12.1. The molecule has 0 saturated carbocycles. The van der Waals surface area contributed by atoms with Crippen LogP contribution >= 0.6 is 0 Å². The summed E-state index contributed by atoms with van der Waals surface area (Å²) in [7, 11) is 0. The third kappa shape index (κ3) is 3.11. The highest BCUT2D eigenvalue weighted by Crippen LogP contribution is 2.26. The Morgan fingerprint density at radius 2 is 1.71 bits per heavy atom. The van der Waals surface area contributed by atoms with Crippen LogP contribution in [0, 0.1) is 0 Å². The molecule has 0 bridgehead atoms. The molecule has 2 aromatic rings. The fourth-order valence-corrected chi connectivity index (χ4v) is 1.87. The van der Waals surface area contributed by atoms with E-state index in [0.717, 1.165) is 5.56 Å². The maximum absolute atomic E-state index is 10.1. The van der Waals surface area contributed by atoms with Gasteiger partial charge >= 0.3 is 0 Å². The summed E-state index contributed by atoms with van der Waals surface area (Å²) < 4.78 is 0. The van der Waals surface area contributed by atoms with Crippen molar-refractivity contribution < 1.29 is 5.11 Å². The van der Waals surface area contributed by atoms with Crippen LogP contribution in [0.4, 0.5) is 0 Å². The summed E-state index contributed by atoms with van der Waals surface area (Å²) in [6, 6.07) is 10.2. The van der Waals surface area contributed by atoms with E-state index in [1.807, 2.05) is 18.2 Å². The van der Waals surface area contributed by atoms with E-state index < -0.39 is 6.10 Å². The first-order chi connectivity index (χ1) is 8.27. The van der Waals surface area contributed by atoms with Crippen molar-refractivity contribution in [1.29, 1.82) is 0 Å². The van der Waals surface area contributed by atoms with Gasteiger partial charge in [0.2, 0.25) is 0 Å². The lowest BCUT2D eigenvalue weighted by molar-refractivity contribution is 0.159. The summed E-state index contributed by atoms with van der Waals surface area (Å²) in [6.07, 6.45) is 4.96. The maximum atomic E-state index is 10.1. The van der Waals surface area contributed by atoms with Crippen molar-refractivity contribution in [2.45, 2.75) is 25.4 Å². The summed E-state index contributed by atoms with van der Waals surface area (Å²) >= 11 is 0. The van der Waals surface area contributed by atoms with E-state index in [2.05, 4.69) is 29.0 Å². The van der Waals surface area contributed by atoms with Gasteiger partial charge in [0.1, 0.15) is 6.33 Å². The van der Waals surface area contributed by atoms with Crippen LogP contribution in [0.5, 0.6) is 0 Å². The SMILES string of the molecule is CC(CC(O)c1cncnc1)c1ccccc1. The van der Waals surface area contributed by atoms with E-state index in [4.69, 9.17) is 0 Å². The Hall–Kier alpha value is -1.74. The molecule has 0 radical (unpaired) electrons. The Kier molecular flexibility index (Phi) is 3.83. The Balaban J connectivity index is 2.02. The van der Waals surface area contributed by atoms with Crippen LogP contribution in [0.25, 0.3) is 0 Å². The molecule has 3 nitrogen and oxygen atoms in total. The monoisotopic (exact) mass is 228 g/mol. The minimum absolute atomic E-state index is 0.311. The highest BCUT2D eigenvalue weighted by molar-refractivity contribution is 5.19. The van der Waals surface area contributed by atoms with E-state index in [1.54, 1.807) is 12.4 Å². The van der Waals surface area contributed by atoms with Gasteiger partial charge in [0.15, 0.2) is 0 Å². The van der Waals surface area contributed by atoms with Crippen LogP contribution < -0.4 is 0 Å². The van der Waals surface area contributed by atoms with Gasteiger partial charge in [-0.1, -0.05) is 37.3 Å². The third-order valence-corrected chi connectivity index (χ3v) is 2.91. The molecule has 0 aliphatic carbocycles. The van der Waals surface area contributed by atoms with E-state index in [0.29, 0.717) is 12.3 Å². The molecule has 0 amide bonds. The molecule has 0 saturated heterocycles. The van der Waals surface area contributed by atoms with Gasteiger partial charge < -0.3 is 5.11 Å². The van der Waals surface area contributed by atoms with Gasteiger partial charge in [0.25, 0.3) is 0 Å². The largest absolute Gasteiger partial charge is 0.388 e. The van der Waals surface area contributed by atoms with Crippen molar-refractivity contribution in [1.82, 2.24) is 9.97 Å². The molecule has 88 valence electrons. The first kappa shape index (κ1) is 11.7. The molecule has 0 aliphatic heterocycles. The highest BCUT2D eigenvalue weighted by atomic mass is 16.3. The molecule has 3 heteroatoms. The standard InChI is InChI=1S/C14H16N2O/c1-11(12-5-3-2-4-6-12)7-14(17)13-8-15-10-16-9-13/h2-6,8-11,14,17H,7H2,1H3. The molecule has 0 aliphatic rings. The molecule has 1 N–H and O–H groups in total. The molecular weight excluding hydrogens is 212 g/mol. The van der Waals surface area contributed by atoms with Crippen LogP contribution in [0.2, 0.25) is 0 Å². The smallest absolute Gasteiger partial charge is 0.115 e. The van der Waals surface area contributed by atoms with Crippen molar-refractivity contribution in [3.63, 3.8) is 0 Å². The van der Waals surface area contributed by atoms with Crippen LogP contribution in [0.1, 0.15) is 36.5 Å². The van der Waals surface area contributed by atoms with Crippen LogP contribution in [-0.2, 0) is 0 Å². The molecule has 2 rings (SSSR count). The Bertz CT molecular complexity index is 401. The predicted molar refractivity (Wildman–Crippen MR) is 66.5 cm³/mol. The van der Waals surface area contributed by atoms with Gasteiger partial charge in [-0.05, 0) is 17.9 Å². The van der Waals surface area contributed by atoms with Gasteiger partial charge in [0, 0.05) is 18.0 Å². The van der Waals surface area contributed by atoms with Crippen molar-refractivity contribution in [3.05, 3.63) is 60.2 Å². The molecule has 0 fully saturated rings. The number of rotatable bonds is 4. The van der Waals surface area contributed by atoms with E-state index in [9.17, 15) is 5.11 Å². The lowest BCUT2D eigenvalue weighted by Gasteiger charge is -2.16. The number of hydrogen-bond acceptors (Lipinski definition) is 3. The van der Waals surface area contributed by atoms with Gasteiger partial charge in [-0.3, -0.25) is 0 Å². The second kappa shape index (κ2) is 5.55. The maximum Gasteiger partial charge on any atom is 0.115 e. The fourth-order valence-electron chi connectivity index (χ4n) is 1.87. The number of hydrogen-bond donors (Lipinski definition) is 1. The first-order valence-electron chi connectivity index (χ1n) is 5.75. The minimum atomic E-state index is -0.508. The van der Waals surface area contributed by atoms with E-state index in [-0.39, 0.29) is 0 Å². The fraction of sp³-hybridized carbons (Fsp3) is 0.286. The average Bonchev–Trinajstić information content (AvgIpc) is 2.40. The third-order valence-electron chi connectivity index (χ3n) is 2.91. The van der Waals surface area contributed by atoms with Crippen molar-refractivity contribution in [2.75, 3.05) is 0 Å². The number of aliphatic hydroxyl groups is 1. The summed E-state index contributed by atoms with van der Waals surface area (Å²) in [5, 5.41) is 10.1. The number of nitrogens with zero attached hydrogens (tertiary/aromatic N) is 2. The minimum Gasteiger partial charge on any atom is -0.388 e. The predicted octanol–water partition coefficient (Wildman–Crippen LogP) is 2.70. The first-order valence-corrected chi connectivity index (χ1v) is 5.75. The zero-order valence-electron chi connectivity index (χ0n) is 9.82. The van der Waals surface area contributed by atoms with Crippen molar-refractivity contribution in [3.8, 4) is 0 Å². The number of aromatic nitrogens is 2. The van der Waals surface area contributed by atoms with Crippen LogP contribution in [0.15, 0.2) is 49.1 Å². The zero-order valence-corrected chi connectivity index (χ0v) is 9.82. The normalized spacial score (nSPS) is 14.2. The summed E-state index contributed by atoms with van der Waals surface area (Å²) in [5.74, 6) is 0.311. The number of benzene rings is 1. The van der Waals surface area contributed by atoms with Crippen LogP contribution in [0.3, 0.4) is 0 Å². The van der Waals surface area contributed by atoms with Gasteiger partial charge in [-0.15, -0.1) is 0 Å². The lowest BCUT2D eigenvalue weighted by Crippen LogP contribution is -2.04. The Labute approximate surface area is 101 Å². The topological polar surface area (TPSA) is 46.0 Å². The van der Waals surface area contributed by atoms with Gasteiger partial charge in [0.05, 0.1) is 6.10 Å². The summed E-state index contributed by atoms with van der Waals surface area (Å²) in [4.78, 5) is 7.83. The highest BCUT2D eigenvalue weighted by Gasteiger charge is 2.14. The van der Waals surface area contributed by atoms with Crippen molar-refractivity contribution >= 4 is 0 Å². The van der Waals surface area contributed by atoms with Crippen molar-refractivity contribution in [2.24, 2.45) is 0 Å². The second-order valence-electron chi connectivity index (χ2n) is 4.24. The molecule has 2 atom stereocenters. The molecule has 0 spiro atoms. The van der Waals surface area contributed by atoms with Gasteiger partial charge in [-0.25, -0.2) is 9.97 Å². The molecule has 1 heterocycles. The summed E-state index contributed by atoms with van der Waals surface area (Å²) in [6.45, 7) is 2.11. The van der Waals surface area contributed by atoms with Gasteiger partial charge in [-0.2, -0.15) is 0 Å². The average molecular weight is 228 g/mol. The Morgan fingerprint density at radius 3 is 2.35 bits per heavy atom. The molecule has 17 heavy (non-hydrogen) atoms. The summed E-state index contributed by atoms with van der Waals surface area (Å²) in [5.41, 5.74) is 2.01. The Morgan fingerprint density at radius 1 is 1.06 bits per heavy atom. The quantitative estimate of drug-likeness (QED) is 0.875. The lowest BCUT2D eigenvalue weighted by atomic mass is 9.93. The van der Waals surface area contributed by atoms with Crippen LogP contribution in [-0.4, -0.2) is 15.1 Å².